The molecule has 4 nitrogen and oxygen atoms in total. The van der Waals surface area contributed by atoms with E-state index in [0.29, 0.717) is 0 Å². The Morgan fingerprint density at radius 3 is 2.48 bits per heavy atom. The van der Waals surface area contributed by atoms with E-state index in [2.05, 4.69) is 26.6 Å². The van der Waals surface area contributed by atoms with Crippen LogP contribution in [0.15, 0.2) is 33.6 Å². The molecule has 3 amide bonds. The Kier molecular flexibility index (Phi) is 6.11. The van der Waals surface area contributed by atoms with E-state index >= 15 is 0 Å². The van der Waals surface area contributed by atoms with Crippen molar-refractivity contribution in [2.24, 2.45) is 0 Å². The third-order valence-electron chi connectivity index (χ3n) is 3.42. The topological polar surface area (TPSA) is 58.2 Å². The molecule has 2 N–H and O–H groups in total. The van der Waals surface area contributed by atoms with Crippen LogP contribution in [0.5, 0.6) is 0 Å². The van der Waals surface area contributed by atoms with Gasteiger partial charge < -0.3 is 5.32 Å². The standard InChI is InChI=1S/C15H19BrN2O2S/c1-10(21-13-8-6-11(16)7-9-13)14(19)18-15(20)17-12-4-2-3-5-12/h6-10,12H,2-5H2,1H3,(H2,17,18,19,20)/t10-/m0/s1. The summed E-state index contributed by atoms with van der Waals surface area (Å²) in [7, 11) is 0. The monoisotopic (exact) mass is 370 g/mol. The van der Waals surface area contributed by atoms with Crippen LogP contribution in [-0.4, -0.2) is 23.2 Å². The molecule has 1 aromatic rings. The average molecular weight is 371 g/mol. The lowest BCUT2D eigenvalue weighted by Crippen LogP contribution is -2.45. The second kappa shape index (κ2) is 7.84. The molecule has 0 saturated heterocycles. The molecule has 0 aromatic heterocycles. The summed E-state index contributed by atoms with van der Waals surface area (Å²) in [6.07, 6.45) is 4.30. The molecule has 0 bridgehead atoms. The molecule has 1 aliphatic rings. The second-order valence-electron chi connectivity index (χ2n) is 5.16. The summed E-state index contributed by atoms with van der Waals surface area (Å²) in [6.45, 7) is 1.80. The van der Waals surface area contributed by atoms with Crippen molar-refractivity contribution in [3.63, 3.8) is 0 Å². The van der Waals surface area contributed by atoms with Gasteiger partial charge in [0.25, 0.3) is 0 Å². The van der Waals surface area contributed by atoms with Crippen molar-refractivity contribution in [3.8, 4) is 0 Å². The lowest BCUT2D eigenvalue weighted by atomic mass is 10.2. The molecule has 1 aliphatic carbocycles. The molecule has 1 fully saturated rings. The molecular weight excluding hydrogens is 352 g/mol. The van der Waals surface area contributed by atoms with Crippen LogP contribution in [-0.2, 0) is 4.79 Å². The van der Waals surface area contributed by atoms with Crippen molar-refractivity contribution in [2.45, 2.75) is 48.8 Å². The number of urea groups is 1. The summed E-state index contributed by atoms with van der Waals surface area (Å²) >= 11 is 4.81. The number of thioether (sulfide) groups is 1. The SMILES string of the molecule is C[C@H](Sc1ccc(Br)cc1)C(=O)NC(=O)NC1CCCC1. The van der Waals surface area contributed by atoms with Gasteiger partial charge in [-0.15, -0.1) is 11.8 Å². The fourth-order valence-corrected chi connectivity index (χ4v) is 3.41. The number of nitrogens with one attached hydrogen (secondary N) is 2. The van der Waals surface area contributed by atoms with Gasteiger partial charge in [-0.1, -0.05) is 28.8 Å². The highest BCUT2D eigenvalue weighted by atomic mass is 79.9. The molecule has 1 saturated carbocycles. The molecule has 1 aromatic carbocycles. The van der Waals surface area contributed by atoms with E-state index in [-0.39, 0.29) is 23.2 Å². The van der Waals surface area contributed by atoms with Gasteiger partial charge in [0.15, 0.2) is 0 Å². The van der Waals surface area contributed by atoms with Crippen molar-refractivity contribution in [1.82, 2.24) is 10.6 Å². The number of hydrogen-bond donors (Lipinski definition) is 2. The lowest BCUT2D eigenvalue weighted by molar-refractivity contribution is -0.119. The van der Waals surface area contributed by atoms with E-state index in [1.165, 1.54) is 11.8 Å². The van der Waals surface area contributed by atoms with Gasteiger partial charge in [0.05, 0.1) is 5.25 Å². The van der Waals surface area contributed by atoms with E-state index in [4.69, 9.17) is 0 Å². The fraction of sp³-hybridized carbons (Fsp3) is 0.467. The zero-order valence-electron chi connectivity index (χ0n) is 11.9. The summed E-state index contributed by atoms with van der Waals surface area (Å²) in [5.74, 6) is -0.265. The largest absolute Gasteiger partial charge is 0.335 e. The molecule has 114 valence electrons. The summed E-state index contributed by atoms with van der Waals surface area (Å²) in [4.78, 5) is 24.7. The zero-order valence-corrected chi connectivity index (χ0v) is 14.3. The van der Waals surface area contributed by atoms with Crippen LogP contribution in [0.25, 0.3) is 0 Å². The highest BCUT2D eigenvalue weighted by Crippen LogP contribution is 2.25. The van der Waals surface area contributed by atoms with E-state index in [9.17, 15) is 9.59 Å². The summed E-state index contributed by atoms with van der Waals surface area (Å²) in [6, 6.07) is 7.58. The fourth-order valence-electron chi connectivity index (χ4n) is 2.28. The van der Waals surface area contributed by atoms with E-state index < -0.39 is 0 Å². The van der Waals surface area contributed by atoms with E-state index in [1.807, 2.05) is 24.3 Å². The molecule has 0 spiro atoms. The molecule has 0 radical (unpaired) electrons. The van der Waals surface area contributed by atoms with Gasteiger partial charge in [-0.3, -0.25) is 10.1 Å². The third-order valence-corrected chi connectivity index (χ3v) is 5.06. The molecule has 1 atom stereocenters. The Morgan fingerprint density at radius 2 is 1.86 bits per heavy atom. The first-order valence-corrected chi connectivity index (χ1v) is 8.75. The summed E-state index contributed by atoms with van der Waals surface area (Å²) < 4.78 is 1.000. The Hall–Kier alpha value is -1.01. The third kappa shape index (κ3) is 5.36. The minimum atomic E-state index is -0.379. The van der Waals surface area contributed by atoms with Gasteiger partial charge in [0, 0.05) is 15.4 Å². The molecule has 0 unspecified atom stereocenters. The van der Waals surface area contributed by atoms with Gasteiger partial charge in [0.1, 0.15) is 0 Å². The Balaban J connectivity index is 1.78. The second-order valence-corrected chi connectivity index (χ2v) is 7.49. The van der Waals surface area contributed by atoms with Gasteiger partial charge in [-0.05, 0) is 44.0 Å². The minimum Gasteiger partial charge on any atom is -0.335 e. The van der Waals surface area contributed by atoms with Crippen LogP contribution in [0.1, 0.15) is 32.6 Å². The number of rotatable bonds is 4. The Morgan fingerprint density at radius 1 is 1.24 bits per heavy atom. The minimum absolute atomic E-state index is 0.215. The van der Waals surface area contributed by atoms with Gasteiger partial charge in [-0.2, -0.15) is 0 Å². The van der Waals surface area contributed by atoms with Crippen molar-refractivity contribution >= 4 is 39.6 Å². The maximum absolute atomic E-state index is 12.0. The number of carbonyl (C=O) groups is 2. The first kappa shape index (κ1) is 16.4. The normalized spacial score (nSPS) is 16.5. The summed E-state index contributed by atoms with van der Waals surface area (Å²) in [5, 5.41) is 4.95. The number of imide groups is 1. The number of halogens is 1. The maximum Gasteiger partial charge on any atom is 0.321 e. The van der Waals surface area contributed by atoms with Crippen LogP contribution < -0.4 is 10.6 Å². The van der Waals surface area contributed by atoms with Crippen LogP contribution in [0.2, 0.25) is 0 Å². The molecule has 6 heteroatoms. The summed E-state index contributed by atoms with van der Waals surface area (Å²) in [5.41, 5.74) is 0. The average Bonchev–Trinajstić information content (AvgIpc) is 2.94. The molecule has 2 rings (SSSR count). The number of hydrogen-bond acceptors (Lipinski definition) is 3. The smallest absolute Gasteiger partial charge is 0.321 e. The van der Waals surface area contributed by atoms with Crippen molar-refractivity contribution in [3.05, 3.63) is 28.7 Å². The first-order valence-electron chi connectivity index (χ1n) is 7.08. The van der Waals surface area contributed by atoms with Gasteiger partial charge in [0.2, 0.25) is 5.91 Å². The zero-order chi connectivity index (χ0) is 15.2. The number of carbonyl (C=O) groups excluding carboxylic acids is 2. The Labute approximate surface area is 137 Å². The molecule has 0 aliphatic heterocycles. The highest BCUT2D eigenvalue weighted by Gasteiger charge is 2.20. The van der Waals surface area contributed by atoms with Crippen LogP contribution in [0.4, 0.5) is 4.79 Å². The van der Waals surface area contributed by atoms with Crippen molar-refractivity contribution in [2.75, 3.05) is 0 Å². The number of amides is 3. The van der Waals surface area contributed by atoms with Gasteiger partial charge >= 0.3 is 6.03 Å². The molecule has 0 heterocycles. The van der Waals surface area contributed by atoms with Crippen LogP contribution in [0.3, 0.4) is 0 Å². The maximum atomic E-state index is 12.0. The van der Waals surface area contributed by atoms with Crippen molar-refractivity contribution < 1.29 is 9.59 Å². The highest BCUT2D eigenvalue weighted by molar-refractivity contribution is 9.10. The van der Waals surface area contributed by atoms with E-state index in [1.54, 1.807) is 6.92 Å². The molecule has 21 heavy (non-hydrogen) atoms. The van der Waals surface area contributed by atoms with Crippen LogP contribution >= 0.6 is 27.7 Å². The predicted molar refractivity (Wildman–Crippen MR) is 88.4 cm³/mol. The van der Waals surface area contributed by atoms with E-state index in [0.717, 1.165) is 35.1 Å². The number of benzene rings is 1. The first-order chi connectivity index (χ1) is 10.0. The molecular formula is C15H19BrN2O2S. The quantitative estimate of drug-likeness (QED) is 0.794. The van der Waals surface area contributed by atoms with Crippen molar-refractivity contribution in [1.29, 1.82) is 0 Å². The predicted octanol–water partition coefficient (Wildman–Crippen LogP) is 3.70. The lowest BCUT2D eigenvalue weighted by Gasteiger charge is -2.14. The van der Waals surface area contributed by atoms with Gasteiger partial charge in [-0.25, -0.2) is 4.79 Å². The Bertz CT molecular complexity index is 501. The van der Waals surface area contributed by atoms with Crippen LogP contribution in [0, 0.1) is 0 Å².